The van der Waals surface area contributed by atoms with Crippen molar-refractivity contribution in [3.8, 4) is 0 Å². The fourth-order valence-electron chi connectivity index (χ4n) is 1.47. The number of methoxy groups -OCH3 is 1. The van der Waals surface area contributed by atoms with Gasteiger partial charge in [-0.25, -0.2) is 4.79 Å². The first-order valence-electron chi connectivity index (χ1n) is 6.07. The van der Waals surface area contributed by atoms with E-state index in [0.29, 0.717) is 23.5 Å². The maximum atomic E-state index is 11.4. The van der Waals surface area contributed by atoms with Gasteiger partial charge in [0.2, 0.25) is 5.91 Å². The Kier molecular flexibility index (Phi) is 5.66. The van der Waals surface area contributed by atoms with Crippen molar-refractivity contribution in [2.24, 2.45) is 0 Å². The number of rotatable bonds is 6. The summed E-state index contributed by atoms with van der Waals surface area (Å²) in [5, 5.41) is 5.66. The van der Waals surface area contributed by atoms with Crippen LogP contribution in [0.15, 0.2) is 18.2 Å². The maximum absolute atomic E-state index is 11.4. The molecule has 0 heterocycles. The first-order valence-corrected chi connectivity index (χ1v) is 6.07. The lowest BCUT2D eigenvalue weighted by Crippen LogP contribution is -2.30. The Hall–Kier alpha value is -2.24. The third-order valence-electron chi connectivity index (χ3n) is 2.48. The summed E-state index contributed by atoms with van der Waals surface area (Å²) < 4.78 is 4.59. The molecule has 0 aliphatic rings. The van der Waals surface area contributed by atoms with E-state index in [1.165, 1.54) is 13.2 Å². The lowest BCUT2D eigenvalue weighted by molar-refractivity contribution is -0.119. The van der Waals surface area contributed by atoms with Crippen LogP contribution in [0.5, 0.6) is 0 Å². The summed E-state index contributed by atoms with van der Waals surface area (Å²) in [7, 11) is 1.31. The van der Waals surface area contributed by atoms with Gasteiger partial charge in [-0.15, -0.1) is 0 Å². The predicted molar refractivity (Wildman–Crippen MR) is 74.0 cm³/mol. The van der Waals surface area contributed by atoms with Crippen LogP contribution in [-0.2, 0) is 9.53 Å². The molecule has 6 heteroatoms. The molecule has 1 rings (SSSR count). The summed E-state index contributed by atoms with van der Waals surface area (Å²) in [5.74, 6) is -0.544. The molecule has 104 valence electrons. The van der Waals surface area contributed by atoms with Crippen molar-refractivity contribution >= 4 is 23.3 Å². The smallest absolute Gasteiger partial charge is 0.337 e. The van der Waals surface area contributed by atoms with Gasteiger partial charge < -0.3 is 21.1 Å². The van der Waals surface area contributed by atoms with Gasteiger partial charge in [-0.1, -0.05) is 6.92 Å². The average molecular weight is 265 g/mol. The van der Waals surface area contributed by atoms with Gasteiger partial charge in [0, 0.05) is 6.54 Å². The van der Waals surface area contributed by atoms with Crippen molar-refractivity contribution < 1.29 is 14.3 Å². The number of esters is 1. The number of nitrogen functional groups attached to an aromatic ring is 1. The van der Waals surface area contributed by atoms with Crippen molar-refractivity contribution in [3.05, 3.63) is 23.8 Å². The molecule has 19 heavy (non-hydrogen) atoms. The standard InChI is InChI=1S/C13H19N3O3/c1-3-6-15-12(17)8-16-11-5-4-9(7-10(11)14)13(18)19-2/h4-5,7,16H,3,6,8,14H2,1-2H3,(H,15,17). The number of amides is 1. The second-order valence-corrected chi connectivity index (χ2v) is 4.00. The third-order valence-corrected chi connectivity index (χ3v) is 2.48. The number of carbonyl (C=O) groups excluding carboxylic acids is 2. The van der Waals surface area contributed by atoms with E-state index in [4.69, 9.17) is 5.73 Å². The Morgan fingerprint density at radius 3 is 2.68 bits per heavy atom. The Balaban J connectivity index is 2.60. The van der Waals surface area contributed by atoms with E-state index in [9.17, 15) is 9.59 Å². The molecule has 0 aliphatic carbocycles. The number of hydrogen-bond donors (Lipinski definition) is 3. The van der Waals surface area contributed by atoms with Crippen LogP contribution in [0, 0.1) is 0 Å². The van der Waals surface area contributed by atoms with E-state index in [1.807, 2.05) is 6.92 Å². The highest BCUT2D eigenvalue weighted by molar-refractivity contribution is 5.92. The molecule has 0 aromatic heterocycles. The molecule has 1 aromatic carbocycles. The number of carbonyl (C=O) groups is 2. The lowest BCUT2D eigenvalue weighted by atomic mass is 10.1. The van der Waals surface area contributed by atoms with Crippen LogP contribution < -0.4 is 16.4 Å². The number of ether oxygens (including phenoxy) is 1. The van der Waals surface area contributed by atoms with Gasteiger partial charge in [-0.05, 0) is 24.6 Å². The van der Waals surface area contributed by atoms with Crippen LogP contribution in [0.1, 0.15) is 23.7 Å². The third kappa shape index (κ3) is 4.50. The normalized spacial score (nSPS) is 9.79. The maximum Gasteiger partial charge on any atom is 0.337 e. The van der Waals surface area contributed by atoms with Gasteiger partial charge in [0.15, 0.2) is 0 Å². The van der Waals surface area contributed by atoms with E-state index in [0.717, 1.165) is 6.42 Å². The summed E-state index contributed by atoms with van der Waals surface area (Å²) >= 11 is 0. The Morgan fingerprint density at radius 1 is 1.37 bits per heavy atom. The highest BCUT2D eigenvalue weighted by Crippen LogP contribution is 2.19. The second kappa shape index (κ2) is 7.25. The molecule has 0 fully saturated rings. The molecule has 0 aliphatic heterocycles. The highest BCUT2D eigenvalue weighted by Gasteiger charge is 2.08. The number of anilines is 2. The van der Waals surface area contributed by atoms with Crippen LogP contribution in [0.25, 0.3) is 0 Å². The van der Waals surface area contributed by atoms with E-state index in [1.54, 1.807) is 12.1 Å². The molecule has 4 N–H and O–H groups in total. The minimum absolute atomic E-state index is 0.0988. The zero-order valence-corrected chi connectivity index (χ0v) is 11.2. The van der Waals surface area contributed by atoms with Crippen molar-refractivity contribution in [2.45, 2.75) is 13.3 Å². The van der Waals surface area contributed by atoms with Crippen LogP contribution >= 0.6 is 0 Å². The molecule has 0 saturated heterocycles. The Labute approximate surface area is 112 Å². The molecule has 0 unspecified atom stereocenters. The fraction of sp³-hybridized carbons (Fsp3) is 0.385. The minimum atomic E-state index is -0.445. The molecule has 0 bridgehead atoms. The molecular formula is C13H19N3O3. The molecule has 6 nitrogen and oxygen atoms in total. The van der Waals surface area contributed by atoms with Crippen molar-refractivity contribution in [1.29, 1.82) is 0 Å². The molecule has 0 spiro atoms. The van der Waals surface area contributed by atoms with Crippen LogP contribution in [0.2, 0.25) is 0 Å². The topological polar surface area (TPSA) is 93.5 Å². The zero-order valence-electron chi connectivity index (χ0n) is 11.2. The molecule has 0 saturated carbocycles. The van der Waals surface area contributed by atoms with Crippen LogP contribution in [0.4, 0.5) is 11.4 Å². The number of hydrogen-bond acceptors (Lipinski definition) is 5. The highest BCUT2D eigenvalue weighted by atomic mass is 16.5. The average Bonchev–Trinajstić information content (AvgIpc) is 2.42. The summed E-state index contributed by atoms with van der Waals surface area (Å²) in [6.07, 6.45) is 0.891. The number of benzene rings is 1. The van der Waals surface area contributed by atoms with Gasteiger partial charge in [0.05, 0.1) is 30.6 Å². The largest absolute Gasteiger partial charge is 0.465 e. The Bertz CT molecular complexity index is 460. The Morgan fingerprint density at radius 2 is 2.11 bits per heavy atom. The molecule has 1 aromatic rings. The van der Waals surface area contributed by atoms with Gasteiger partial charge >= 0.3 is 5.97 Å². The van der Waals surface area contributed by atoms with Gasteiger partial charge in [-0.2, -0.15) is 0 Å². The first-order chi connectivity index (χ1) is 9.08. The van der Waals surface area contributed by atoms with Crippen molar-refractivity contribution in [3.63, 3.8) is 0 Å². The molecule has 1 amide bonds. The van der Waals surface area contributed by atoms with E-state index in [-0.39, 0.29) is 12.5 Å². The van der Waals surface area contributed by atoms with Gasteiger partial charge in [0.25, 0.3) is 0 Å². The fourth-order valence-corrected chi connectivity index (χ4v) is 1.47. The van der Waals surface area contributed by atoms with Crippen LogP contribution in [0.3, 0.4) is 0 Å². The quantitative estimate of drug-likeness (QED) is 0.527. The minimum Gasteiger partial charge on any atom is -0.465 e. The first kappa shape index (κ1) is 14.8. The van der Waals surface area contributed by atoms with Crippen molar-refractivity contribution in [2.75, 3.05) is 31.2 Å². The monoisotopic (exact) mass is 265 g/mol. The predicted octanol–water partition coefficient (Wildman–Crippen LogP) is 0.993. The lowest BCUT2D eigenvalue weighted by Gasteiger charge is -2.10. The van der Waals surface area contributed by atoms with E-state index >= 15 is 0 Å². The van der Waals surface area contributed by atoms with E-state index < -0.39 is 5.97 Å². The molecule has 0 atom stereocenters. The van der Waals surface area contributed by atoms with E-state index in [2.05, 4.69) is 15.4 Å². The summed E-state index contributed by atoms with van der Waals surface area (Å²) in [5.41, 5.74) is 7.18. The number of nitrogens with two attached hydrogens (primary N) is 1. The summed E-state index contributed by atoms with van der Waals surface area (Å²) in [6.45, 7) is 2.77. The zero-order chi connectivity index (χ0) is 14.3. The van der Waals surface area contributed by atoms with Gasteiger partial charge in [0.1, 0.15) is 0 Å². The molecular weight excluding hydrogens is 246 g/mol. The molecule has 0 radical (unpaired) electrons. The van der Waals surface area contributed by atoms with Crippen LogP contribution in [-0.4, -0.2) is 32.1 Å². The van der Waals surface area contributed by atoms with Crippen molar-refractivity contribution in [1.82, 2.24) is 5.32 Å². The SMILES string of the molecule is CCCNC(=O)CNc1ccc(C(=O)OC)cc1N. The van der Waals surface area contributed by atoms with Gasteiger partial charge in [-0.3, -0.25) is 4.79 Å². The summed E-state index contributed by atoms with van der Waals surface area (Å²) in [6, 6.07) is 4.75. The second-order valence-electron chi connectivity index (χ2n) is 4.00. The number of nitrogens with one attached hydrogen (secondary N) is 2. The summed E-state index contributed by atoms with van der Waals surface area (Å²) in [4.78, 5) is 22.7.